The minimum absolute atomic E-state index is 0.221. The van der Waals surface area contributed by atoms with Gasteiger partial charge in [0.2, 0.25) is 0 Å². The molecule has 0 heterocycles. The summed E-state index contributed by atoms with van der Waals surface area (Å²) in [6, 6.07) is 5.13. The molecule has 0 saturated carbocycles. The highest BCUT2D eigenvalue weighted by atomic mass is 32.2. The molecule has 24 heavy (non-hydrogen) atoms. The zero-order valence-electron chi connectivity index (χ0n) is 14.4. The summed E-state index contributed by atoms with van der Waals surface area (Å²) in [5, 5.41) is 0. The summed E-state index contributed by atoms with van der Waals surface area (Å²) in [6.07, 6.45) is 11.0. The molecule has 5 nitrogen and oxygen atoms in total. The predicted octanol–water partition coefficient (Wildman–Crippen LogP) is 4.76. The van der Waals surface area contributed by atoms with Crippen LogP contribution in [0.3, 0.4) is 0 Å². The fourth-order valence-electron chi connectivity index (χ4n) is 2.44. The molecule has 1 rings (SSSR count). The monoisotopic (exact) mass is 356 g/mol. The summed E-state index contributed by atoms with van der Waals surface area (Å²) in [6.45, 7) is 2.21. The average Bonchev–Trinajstić information content (AvgIpc) is 2.53. The Morgan fingerprint density at radius 1 is 0.917 bits per heavy atom. The minimum atomic E-state index is -4.22. The number of unbranched alkanes of at least 4 members (excludes halogenated alkanes) is 8. The number of benzene rings is 1. The van der Waals surface area contributed by atoms with Gasteiger partial charge < -0.3 is 4.74 Å². The summed E-state index contributed by atoms with van der Waals surface area (Å²) in [4.78, 5) is 11.5. The van der Waals surface area contributed by atoms with Gasteiger partial charge in [0.1, 0.15) is 5.75 Å². The average molecular weight is 356 g/mol. The molecule has 0 atom stereocenters. The molecule has 1 aromatic rings. The van der Waals surface area contributed by atoms with E-state index in [0.29, 0.717) is 6.42 Å². The Kier molecular flexibility index (Phi) is 9.64. The molecule has 0 spiro atoms. The Morgan fingerprint density at radius 2 is 1.42 bits per heavy atom. The predicted molar refractivity (Wildman–Crippen MR) is 93.7 cm³/mol. The van der Waals surface area contributed by atoms with E-state index in [0.717, 1.165) is 19.3 Å². The maximum Gasteiger partial charge on any atom is 0.311 e. The highest BCUT2D eigenvalue weighted by Gasteiger charge is 2.10. The summed E-state index contributed by atoms with van der Waals surface area (Å²) >= 11 is 0. The number of esters is 1. The highest BCUT2D eigenvalue weighted by Crippen LogP contribution is 2.17. The van der Waals surface area contributed by atoms with Crippen molar-refractivity contribution in [1.29, 1.82) is 0 Å². The van der Waals surface area contributed by atoms with Gasteiger partial charge in [-0.1, -0.05) is 58.3 Å². The lowest BCUT2D eigenvalue weighted by Crippen LogP contribution is -2.07. The van der Waals surface area contributed by atoms with E-state index in [1.807, 2.05) is 0 Å². The fourth-order valence-corrected chi connectivity index (χ4v) is 2.92. The van der Waals surface area contributed by atoms with Gasteiger partial charge >= 0.3 is 5.97 Å². The van der Waals surface area contributed by atoms with Crippen LogP contribution in [0.2, 0.25) is 0 Å². The minimum Gasteiger partial charge on any atom is -0.427 e. The topological polar surface area (TPSA) is 80.7 Å². The normalized spacial score (nSPS) is 11.4. The van der Waals surface area contributed by atoms with Crippen LogP contribution in [0, 0.1) is 0 Å². The van der Waals surface area contributed by atoms with Crippen molar-refractivity contribution < 1.29 is 22.5 Å². The molecule has 0 aliphatic rings. The summed E-state index contributed by atoms with van der Waals surface area (Å²) in [7, 11) is -4.22. The molecule has 136 valence electrons. The second kappa shape index (κ2) is 11.2. The van der Waals surface area contributed by atoms with Crippen molar-refractivity contribution in [1.82, 2.24) is 0 Å². The molecule has 0 amide bonds. The van der Waals surface area contributed by atoms with Gasteiger partial charge in [-0.05, 0) is 30.7 Å². The van der Waals surface area contributed by atoms with Crippen LogP contribution in [-0.4, -0.2) is 18.9 Å². The van der Waals surface area contributed by atoms with E-state index >= 15 is 0 Å². The number of hydrogen-bond acceptors (Lipinski definition) is 4. The fraction of sp³-hybridized carbons (Fsp3) is 0.611. The van der Waals surface area contributed by atoms with Crippen LogP contribution in [0.15, 0.2) is 29.2 Å². The Morgan fingerprint density at radius 3 is 1.92 bits per heavy atom. The second-order valence-electron chi connectivity index (χ2n) is 6.00. The van der Waals surface area contributed by atoms with E-state index in [1.165, 1.54) is 62.8 Å². The molecule has 1 N–H and O–H groups in total. The van der Waals surface area contributed by atoms with Crippen LogP contribution in [-0.2, 0) is 14.9 Å². The lowest BCUT2D eigenvalue weighted by molar-refractivity contribution is -0.134. The SMILES string of the molecule is CCCCCCCCCCCC(=O)Oc1ccc(S(=O)(=O)O)cc1. The summed E-state index contributed by atoms with van der Waals surface area (Å²) in [5.41, 5.74) is 0. The first-order valence-corrected chi connectivity index (χ1v) is 10.2. The van der Waals surface area contributed by atoms with Crippen molar-refractivity contribution in [3.8, 4) is 5.75 Å². The van der Waals surface area contributed by atoms with Gasteiger partial charge in [-0.3, -0.25) is 9.35 Å². The molecular weight excluding hydrogens is 328 g/mol. The zero-order valence-corrected chi connectivity index (χ0v) is 15.2. The van der Waals surface area contributed by atoms with Crippen LogP contribution < -0.4 is 4.74 Å². The van der Waals surface area contributed by atoms with E-state index in [1.54, 1.807) is 0 Å². The van der Waals surface area contributed by atoms with Crippen LogP contribution >= 0.6 is 0 Å². The van der Waals surface area contributed by atoms with Crippen molar-refractivity contribution in [3.63, 3.8) is 0 Å². The quantitative estimate of drug-likeness (QED) is 0.253. The van der Waals surface area contributed by atoms with E-state index < -0.39 is 10.1 Å². The molecule has 0 unspecified atom stereocenters. The van der Waals surface area contributed by atoms with Crippen molar-refractivity contribution in [2.45, 2.75) is 76.0 Å². The number of ether oxygens (including phenoxy) is 1. The molecule has 0 bridgehead atoms. The maximum absolute atomic E-state index is 11.7. The van der Waals surface area contributed by atoms with Crippen LogP contribution in [0.1, 0.15) is 71.1 Å². The van der Waals surface area contributed by atoms with Gasteiger partial charge in [0, 0.05) is 6.42 Å². The standard InChI is InChI=1S/C18H28O5S/c1-2-3-4-5-6-7-8-9-10-11-18(19)23-16-12-14-17(15-13-16)24(20,21)22/h12-15H,2-11H2,1H3,(H,20,21,22). The van der Waals surface area contributed by atoms with E-state index in [2.05, 4.69) is 6.92 Å². The lowest BCUT2D eigenvalue weighted by atomic mass is 10.1. The Hall–Kier alpha value is -1.40. The van der Waals surface area contributed by atoms with Gasteiger partial charge in [-0.2, -0.15) is 8.42 Å². The van der Waals surface area contributed by atoms with E-state index in [9.17, 15) is 13.2 Å². The van der Waals surface area contributed by atoms with Gasteiger partial charge in [0.15, 0.2) is 0 Å². The van der Waals surface area contributed by atoms with Gasteiger partial charge in [0.05, 0.1) is 4.90 Å². The number of carbonyl (C=O) groups excluding carboxylic acids is 1. The first kappa shape index (κ1) is 20.6. The van der Waals surface area contributed by atoms with Gasteiger partial charge in [-0.25, -0.2) is 0 Å². The van der Waals surface area contributed by atoms with Crippen molar-refractivity contribution in [2.24, 2.45) is 0 Å². The molecule has 6 heteroatoms. The van der Waals surface area contributed by atoms with Crippen molar-refractivity contribution >= 4 is 16.1 Å². The molecular formula is C18H28O5S. The van der Waals surface area contributed by atoms with Gasteiger partial charge in [-0.15, -0.1) is 0 Å². The molecule has 1 aromatic carbocycles. The van der Waals surface area contributed by atoms with E-state index in [4.69, 9.17) is 9.29 Å². The lowest BCUT2D eigenvalue weighted by Gasteiger charge is -2.05. The molecule has 0 fully saturated rings. The smallest absolute Gasteiger partial charge is 0.311 e. The van der Waals surface area contributed by atoms with Crippen LogP contribution in [0.4, 0.5) is 0 Å². The molecule has 0 aromatic heterocycles. The Labute approximate surface area is 145 Å². The third-order valence-corrected chi connectivity index (χ3v) is 4.71. The number of hydrogen-bond donors (Lipinski definition) is 1. The third-order valence-electron chi connectivity index (χ3n) is 3.84. The summed E-state index contributed by atoms with van der Waals surface area (Å²) in [5.74, 6) is -0.0409. The first-order valence-electron chi connectivity index (χ1n) is 8.71. The molecule has 0 radical (unpaired) electrons. The highest BCUT2D eigenvalue weighted by molar-refractivity contribution is 7.85. The second-order valence-corrected chi connectivity index (χ2v) is 7.42. The van der Waals surface area contributed by atoms with Gasteiger partial charge in [0.25, 0.3) is 10.1 Å². The number of carbonyl (C=O) groups is 1. The maximum atomic E-state index is 11.7. The summed E-state index contributed by atoms with van der Waals surface area (Å²) < 4.78 is 35.8. The van der Waals surface area contributed by atoms with Crippen LogP contribution in [0.5, 0.6) is 5.75 Å². The Bertz CT molecular complexity index is 578. The van der Waals surface area contributed by atoms with E-state index in [-0.39, 0.29) is 16.6 Å². The Balaban J connectivity index is 2.14. The molecule has 0 saturated heterocycles. The first-order chi connectivity index (χ1) is 11.4. The number of rotatable bonds is 12. The van der Waals surface area contributed by atoms with Crippen molar-refractivity contribution in [3.05, 3.63) is 24.3 Å². The van der Waals surface area contributed by atoms with Crippen molar-refractivity contribution in [2.75, 3.05) is 0 Å². The largest absolute Gasteiger partial charge is 0.427 e. The molecule has 0 aliphatic carbocycles. The third kappa shape index (κ3) is 9.03. The zero-order chi connectivity index (χ0) is 17.8. The van der Waals surface area contributed by atoms with Crippen LogP contribution in [0.25, 0.3) is 0 Å². The molecule has 0 aliphatic heterocycles.